The standard InChI is InChI=1S/C41H68O11/c1-20(2)11-10-12-21(3)23-13-16-40(8)29(23)24(42)17-27-39(7)15-14-28(44)38(5,6)35(39)26(18-41(27,40)9)51-37-33(48)34(30(45)22(4)50-37)52-36-32(47)31(46)25(43)19-49-36/h11,22-37,42-48H,3,10,12-19H2,1-2,4-9H3/t22-,23-,24-,25-,26+,27-,28+,29+,30-,31+,32-,33-,34+,35+,36?,37+,39-,40-,41-/m0/s1. The van der Waals surface area contributed by atoms with Gasteiger partial charge in [0.1, 0.15) is 36.6 Å². The number of ether oxygens (including phenoxy) is 4. The van der Waals surface area contributed by atoms with Gasteiger partial charge in [0.25, 0.3) is 0 Å². The second-order valence-corrected chi connectivity index (χ2v) is 19.1. The highest BCUT2D eigenvalue weighted by atomic mass is 16.7. The van der Waals surface area contributed by atoms with Crippen LogP contribution in [0.15, 0.2) is 23.8 Å². The third-order valence-electron chi connectivity index (χ3n) is 15.6. The van der Waals surface area contributed by atoms with E-state index in [2.05, 4.69) is 61.1 Å². The van der Waals surface area contributed by atoms with Gasteiger partial charge in [-0.3, -0.25) is 0 Å². The largest absolute Gasteiger partial charge is 0.393 e. The lowest BCUT2D eigenvalue weighted by atomic mass is 9.34. The number of allylic oxidation sites excluding steroid dienone is 3. The van der Waals surface area contributed by atoms with Crippen LogP contribution in [0.5, 0.6) is 0 Å². The van der Waals surface area contributed by atoms with Gasteiger partial charge >= 0.3 is 0 Å². The van der Waals surface area contributed by atoms with E-state index in [9.17, 15) is 35.7 Å². The van der Waals surface area contributed by atoms with Crippen molar-refractivity contribution in [1.82, 2.24) is 0 Å². The zero-order valence-electron chi connectivity index (χ0n) is 32.6. The van der Waals surface area contributed by atoms with Crippen molar-refractivity contribution in [3.05, 3.63) is 23.8 Å². The molecule has 298 valence electrons. The first-order valence-electron chi connectivity index (χ1n) is 19.8. The van der Waals surface area contributed by atoms with Crippen LogP contribution in [0.4, 0.5) is 0 Å². The average molecular weight is 737 g/mol. The highest BCUT2D eigenvalue weighted by Crippen LogP contribution is 2.76. The molecule has 52 heavy (non-hydrogen) atoms. The Hall–Kier alpha value is -0.960. The Labute approximate surface area is 310 Å². The Morgan fingerprint density at radius 2 is 1.52 bits per heavy atom. The molecule has 2 aliphatic heterocycles. The number of fused-ring (bicyclic) bond motifs is 5. The molecule has 0 aromatic rings. The molecule has 4 aliphatic carbocycles. The smallest absolute Gasteiger partial charge is 0.186 e. The van der Waals surface area contributed by atoms with Crippen molar-refractivity contribution in [2.24, 2.45) is 45.3 Å². The van der Waals surface area contributed by atoms with Crippen LogP contribution in [0, 0.1) is 45.3 Å². The van der Waals surface area contributed by atoms with Gasteiger partial charge in [-0.2, -0.15) is 0 Å². The van der Waals surface area contributed by atoms with Crippen LogP contribution in [0.3, 0.4) is 0 Å². The molecule has 4 saturated carbocycles. The van der Waals surface area contributed by atoms with E-state index in [1.807, 2.05) is 0 Å². The van der Waals surface area contributed by atoms with E-state index in [1.165, 1.54) is 11.1 Å². The van der Waals surface area contributed by atoms with Gasteiger partial charge in [-0.05, 0) is 117 Å². The maximum atomic E-state index is 12.2. The maximum Gasteiger partial charge on any atom is 0.186 e. The summed E-state index contributed by atoms with van der Waals surface area (Å²) >= 11 is 0. The third-order valence-corrected chi connectivity index (χ3v) is 15.6. The molecular formula is C41H68O11. The Balaban J connectivity index is 1.32. The van der Waals surface area contributed by atoms with E-state index in [-0.39, 0.29) is 46.5 Å². The van der Waals surface area contributed by atoms with Crippen LogP contribution in [0.2, 0.25) is 0 Å². The predicted molar refractivity (Wildman–Crippen MR) is 193 cm³/mol. The quantitative estimate of drug-likeness (QED) is 0.143. The van der Waals surface area contributed by atoms with E-state index in [0.717, 1.165) is 32.1 Å². The summed E-state index contributed by atoms with van der Waals surface area (Å²) in [5, 5.41) is 77.4. The van der Waals surface area contributed by atoms with Gasteiger partial charge in [0, 0.05) is 0 Å². The zero-order chi connectivity index (χ0) is 38.3. The van der Waals surface area contributed by atoms with E-state index in [4.69, 9.17) is 18.9 Å². The van der Waals surface area contributed by atoms with E-state index in [0.29, 0.717) is 19.3 Å². The van der Waals surface area contributed by atoms with Gasteiger partial charge in [-0.25, -0.2) is 0 Å². The van der Waals surface area contributed by atoms with Crippen LogP contribution in [-0.4, -0.2) is 116 Å². The summed E-state index contributed by atoms with van der Waals surface area (Å²) in [7, 11) is 0. The van der Waals surface area contributed by atoms with Crippen molar-refractivity contribution in [2.75, 3.05) is 6.61 Å². The highest BCUT2D eigenvalue weighted by molar-refractivity contribution is 5.24. The highest BCUT2D eigenvalue weighted by Gasteiger charge is 2.73. The topological polar surface area (TPSA) is 179 Å². The van der Waals surface area contributed by atoms with Gasteiger partial charge in [0.15, 0.2) is 12.6 Å². The van der Waals surface area contributed by atoms with Crippen LogP contribution in [0.1, 0.15) is 107 Å². The molecule has 6 rings (SSSR count). The second-order valence-electron chi connectivity index (χ2n) is 19.1. The second kappa shape index (κ2) is 14.5. The van der Waals surface area contributed by atoms with Crippen molar-refractivity contribution >= 4 is 0 Å². The molecule has 2 saturated heterocycles. The van der Waals surface area contributed by atoms with Crippen LogP contribution in [0.25, 0.3) is 0 Å². The van der Waals surface area contributed by atoms with Crippen LogP contribution in [-0.2, 0) is 18.9 Å². The summed E-state index contributed by atoms with van der Waals surface area (Å²) < 4.78 is 24.6. The summed E-state index contributed by atoms with van der Waals surface area (Å²) in [4.78, 5) is 0. The molecule has 2 heterocycles. The first-order chi connectivity index (χ1) is 24.2. The minimum absolute atomic E-state index is 0.0520. The number of rotatable bonds is 8. The SMILES string of the molecule is C=C(CCC=C(C)C)[C@@H]1CC[C@@]2(C)[C@H]1[C@@H](O)C[C@H]1[C@]3(C)CC[C@@H](O)C(C)(C)[C@H]3[C@H](O[C@H]3O[C@@H](C)[C@H](O)[C@@H](OC4OC[C@H](O)[C@@H](O)[C@@H]4O)[C@@H]3O)C[C@@]12C. The monoisotopic (exact) mass is 736 g/mol. The Morgan fingerprint density at radius 1 is 0.827 bits per heavy atom. The van der Waals surface area contributed by atoms with E-state index in [1.54, 1.807) is 6.92 Å². The number of aliphatic hydroxyl groups excluding tert-OH is 7. The molecule has 0 aromatic carbocycles. The average Bonchev–Trinajstić information content (AvgIpc) is 3.44. The lowest BCUT2D eigenvalue weighted by molar-refractivity contribution is -0.365. The lowest BCUT2D eigenvalue weighted by Gasteiger charge is -2.72. The summed E-state index contributed by atoms with van der Waals surface area (Å²) in [6.45, 7) is 21.5. The molecule has 0 bridgehead atoms. The molecule has 0 spiro atoms. The van der Waals surface area contributed by atoms with Crippen molar-refractivity contribution in [1.29, 1.82) is 0 Å². The summed E-state index contributed by atoms with van der Waals surface area (Å²) in [5.74, 6) is 0.281. The number of hydrogen-bond acceptors (Lipinski definition) is 11. The zero-order valence-corrected chi connectivity index (χ0v) is 32.6. The van der Waals surface area contributed by atoms with Crippen molar-refractivity contribution in [3.8, 4) is 0 Å². The Bertz CT molecular complexity index is 1330. The normalized spacial score (nSPS) is 53.0. The van der Waals surface area contributed by atoms with Gasteiger partial charge in [0.05, 0.1) is 31.0 Å². The first kappa shape index (κ1) is 40.7. The minimum atomic E-state index is -1.60. The molecule has 7 N–H and O–H groups in total. The number of hydrogen-bond donors (Lipinski definition) is 7. The van der Waals surface area contributed by atoms with Crippen LogP contribution >= 0.6 is 0 Å². The summed E-state index contributed by atoms with van der Waals surface area (Å²) in [5.41, 5.74) is 1.14. The Kier molecular flexibility index (Phi) is 11.4. The fourth-order valence-corrected chi connectivity index (χ4v) is 12.7. The molecular weight excluding hydrogens is 668 g/mol. The molecule has 6 fully saturated rings. The van der Waals surface area contributed by atoms with Gasteiger partial charge in [-0.1, -0.05) is 58.4 Å². The maximum absolute atomic E-state index is 12.2. The molecule has 0 radical (unpaired) electrons. The number of aliphatic hydroxyl groups is 7. The van der Waals surface area contributed by atoms with Gasteiger partial charge in [0.2, 0.25) is 0 Å². The molecule has 11 nitrogen and oxygen atoms in total. The van der Waals surface area contributed by atoms with Gasteiger partial charge in [-0.15, -0.1) is 0 Å². The molecule has 1 unspecified atom stereocenters. The fraction of sp³-hybridized carbons (Fsp3) is 0.902. The Morgan fingerprint density at radius 3 is 2.19 bits per heavy atom. The van der Waals surface area contributed by atoms with Crippen molar-refractivity contribution < 1.29 is 54.7 Å². The van der Waals surface area contributed by atoms with Crippen LogP contribution < -0.4 is 0 Å². The van der Waals surface area contributed by atoms with Gasteiger partial charge < -0.3 is 54.7 Å². The molecule has 6 aliphatic rings. The molecule has 19 atom stereocenters. The fourth-order valence-electron chi connectivity index (χ4n) is 12.7. The minimum Gasteiger partial charge on any atom is -0.393 e. The predicted octanol–water partition coefficient (Wildman–Crippen LogP) is 3.59. The molecule has 0 amide bonds. The van der Waals surface area contributed by atoms with E-state index < -0.39 is 79.0 Å². The van der Waals surface area contributed by atoms with Crippen molar-refractivity contribution in [2.45, 2.75) is 180 Å². The first-order valence-corrected chi connectivity index (χ1v) is 19.8. The summed E-state index contributed by atoms with van der Waals surface area (Å²) in [6.07, 6.45) is -4.68. The summed E-state index contributed by atoms with van der Waals surface area (Å²) in [6, 6.07) is 0. The molecule has 0 aromatic heterocycles. The third kappa shape index (κ3) is 6.49. The van der Waals surface area contributed by atoms with Crippen molar-refractivity contribution in [3.63, 3.8) is 0 Å². The lowest BCUT2D eigenvalue weighted by Crippen LogP contribution is -2.70. The van der Waals surface area contributed by atoms with E-state index >= 15 is 0 Å². The molecule has 11 heteroatoms.